The van der Waals surface area contributed by atoms with Gasteiger partial charge in [0.25, 0.3) is 0 Å². The topological polar surface area (TPSA) is 69.9 Å². The van der Waals surface area contributed by atoms with E-state index in [0.717, 1.165) is 63.3 Å². The highest BCUT2D eigenvalue weighted by atomic mass is 127. The van der Waals surface area contributed by atoms with Gasteiger partial charge in [0.15, 0.2) is 5.96 Å². The van der Waals surface area contributed by atoms with E-state index in [4.69, 9.17) is 9.41 Å². The number of likely N-dealkylation sites (tertiary alicyclic amines) is 1. The van der Waals surface area contributed by atoms with E-state index < -0.39 is 0 Å². The minimum Gasteiger partial charge on any atom is -0.469 e. The normalized spacial score (nSPS) is 16.4. The predicted octanol–water partition coefficient (Wildman–Crippen LogP) is 4.20. The van der Waals surface area contributed by atoms with Crippen LogP contribution in [0.15, 0.2) is 27.8 Å². The maximum Gasteiger partial charge on any atom is 0.225 e. The molecule has 0 saturated carbocycles. The molecule has 29 heavy (non-hydrogen) atoms. The zero-order valence-electron chi connectivity index (χ0n) is 18.4. The van der Waals surface area contributed by atoms with E-state index >= 15 is 0 Å². The molecule has 1 aromatic heterocycles. The lowest BCUT2D eigenvalue weighted by atomic mass is 9.98. The number of aliphatic imine (C=N–C) groups is 1. The molecule has 0 aliphatic carbocycles. The van der Waals surface area contributed by atoms with Crippen molar-refractivity contribution in [3.8, 4) is 0 Å². The number of hydrogen-bond donors (Lipinski definition) is 2. The molecule has 2 rings (SSSR count). The smallest absolute Gasteiger partial charge is 0.225 e. The first-order valence-corrected chi connectivity index (χ1v) is 11.0. The van der Waals surface area contributed by atoms with Crippen molar-refractivity contribution in [3.63, 3.8) is 0 Å². The highest BCUT2D eigenvalue weighted by molar-refractivity contribution is 14.0. The van der Waals surface area contributed by atoms with E-state index in [2.05, 4.69) is 38.3 Å². The van der Waals surface area contributed by atoms with Gasteiger partial charge in [-0.15, -0.1) is 24.0 Å². The van der Waals surface area contributed by atoms with Crippen LogP contribution >= 0.6 is 24.0 Å². The SMILES string of the molecule is CCC(C)NC(=NCCc1ccco1)NC1CCN(C(=O)C(CC)CC)CC1.I. The highest BCUT2D eigenvalue weighted by Crippen LogP contribution is 2.17. The molecule has 0 radical (unpaired) electrons. The molecule has 1 amide bonds. The van der Waals surface area contributed by atoms with Gasteiger partial charge < -0.3 is 20.0 Å². The summed E-state index contributed by atoms with van der Waals surface area (Å²) in [5.74, 6) is 2.33. The van der Waals surface area contributed by atoms with Crippen molar-refractivity contribution in [1.29, 1.82) is 0 Å². The number of halogens is 1. The van der Waals surface area contributed by atoms with E-state index in [1.54, 1.807) is 6.26 Å². The predicted molar refractivity (Wildman–Crippen MR) is 130 cm³/mol. The fourth-order valence-electron chi connectivity index (χ4n) is 3.53. The third-order valence-corrected chi connectivity index (χ3v) is 5.69. The van der Waals surface area contributed by atoms with E-state index in [9.17, 15) is 4.79 Å². The van der Waals surface area contributed by atoms with Crippen molar-refractivity contribution in [2.24, 2.45) is 10.9 Å². The van der Waals surface area contributed by atoms with Gasteiger partial charge in [-0.1, -0.05) is 20.8 Å². The van der Waals surface area contributed by atoms with Gasteiger partial charge in [-0.05, 0) is 51.2 Å². The Kier molecular flexibility index (Phi) is 12.3. The van der Waals surface area contributed by atoms with Crippen molar-refractivity contribution in [2.45, 2.75) is 78.3 Å². The summed E-state index contributed by atoms with van der Waals surface area (Å²) in [5, 5.41) is 7.08. The van der Waals surface area contributed by atoms with Crippen molar-refractivity contribution in [1.82, 2.24) is 15.5 Å². The average Bonchev–Trinajstić information content (AvgIpc) is 3.22. The molecule has 1 aromatic rings. The van der Waals surface area contributed by atoms with E-state index in [0.29, 0.717) is 24.5 Å². The molecule has 7 heteroatoms. The van der Waals surface area contributed by atoms with Crippen LogP contribution in [0.5, 0.6) is 0 Å². The zero-order valence-corrected chi connectivity index (χ0v) is 20.8. The molecular formula is C22H39IN4O2. The van der Waals surface area contributed by atoms with Gasteiger partial charge in [-0.3, -0.25) is 9.79 Å². The van der Waals surface area contributed by atoms with Gasteiger partial charge in [0.1, 0.15) is 5.76 Å². The molecule has 2 heterocycles. The standard InChI is InChI=1S/C22H38N4O2.HI/c1-5-17(4)24-22(23-13-10-20-9-8-16-28-20)25-19-11-14-26(15-12-19)21(27)18(6-2)7-3;/h8-9,16-19H,5-7,10-15H2,1-4H3,(H2,23,24,25);1H. The average molecular weight is 518 g/mol. The number of piperidine rings is 1. The van der Waals surface area contributed by atoms with Crippen LogP contribution in [0.1, 0.15) is 65.6 Å². The lowest BCUT2D eigenvalue weighted by molar-refractivity contribution is -0.136. The molecule has 1 aliphatic heterocycles. The quantitative estimate of drug-likeness (QED) is 0.292. The summed E-state index contributed by atoms with van der Waals surface area (Å²) < 4.78 is 5.39. The number of amides is 1. The van der Waals surface area contributed by atoms with Crippen LogP contribution in [0.2, 0.25) is 0 Å². The lowest BCUT2D eigenvalue weighted by Crippen LogP contribution is -2.52. The maximum atomic E-state index is 12.6. The summed E-state index contributed by atoms with van der Waals surface area (Å²) in [5.41, 5.74) is 0. The summed E-state index contributed by atoms with van der Waals surface area (Å²) in [4.78, 5) is 19.4. The Bertz CT molecular complexity index is 594. The number of rotatable bonds is 9. The summed E-state index contributed by atoms with van der Waals surface area (Å²) in [6.45, 7) is 10.9. The summed E-state index contributed by atoms with van der Waals surface area (Å²) in [6.07, 6.45) is 7.32. The van der Waals surface area contributed by atoms with Gasteiger partial charge in [0, 0.05) is 44.1 Å². The molecule has 6 nitrogen and oxygen atoms in total. The summed E-state index contributed by atoms with van der Waals surface area (Å²) >= 11 is 0. The van der Waals surface area contributed by atoms with Gasteiger partial charge in [-0.25, -0.2) is 0 Å². The first kappa shape index (κ1) is 25.8. The minimum absolute atomic E-state index is 0. The summed E-state index contributed by atoms with van der Waals surface area (Å²) in [6, 6.07) is 4.61. The number of nitrogens with zero attached hydrogens (tertiary/aromatic N) is 2. The van der Waals surface area contributed by atoms with Gasteiger partial charge in [0.2, 0.25) is 5.91 Å². The van der Waals surface area contributed by atoms with Crippen molar-refractivity contribution in [3.05, 3.63) is 24.2 Å². The second-order valence-corrected chi connectivity index (χ2v) is 7.77. The van der Waals surface area contributed by atoms with E-state index in [1.165, 1.54) is 0 Å². The third kappa shape index (κ3) is 8.56. The monoisotopic (exact) mass is 518 g/mol. The van der Waals surface area contributed by atoms with Crippen LogP contribution in [-0.4, -0.2) is 48.5 Å². The third-order valence-electron chi connectivity index (χ3n) is 5.69. The van der Waals surface area contributed by atoms with Crippen LogP contribution in [-0.2, 0) is 11.2 Å². The van der Waals surface area contributed by atoms with Crippen molar-refractivity contribution < 1.29 is 9.21 Å². The molecule has 0 bridgehead atoms. The number of guanidine groups is 1. The largest absolute Gasteiger partial charge is 0.469 e. The molecular weight excluding hydrogens is 479 g/mol. The Morgan fingerprint density at radius 2 is 1.93 bits per heavy atom. The number of hydrogen-bond acceptors (Lipinski definition) is 3. The van der Waals surface area contributed by atoms with Crippen molar-refractivity contribution >= 4 is 35.8 Å². The van der Waals surface area contributed by atoms with Gasteiger partial charge >= 0.3 is 0 Å². The van der Waals surface area contributed by atoms with Crippen LogP contribution in [0.4, 0.5) is 0 Å². The molecule has 166 valence electrons. The fraction of sp³-hybridized carbons (Fsp3) is 0.727. The molecule has 0 spiro atoms. The molecule has 1 saturated heterocycles. The van der Waals surface area contributed by atoms with Crippen LogP contribution in [0.25, 0.3) is 0 Å². The first-order valence-electron chi connectivity index (χ1n) is 11.0. The maximum absolute atomic E-state index is 12.6. The Labute approximate surface area is 193 Å². The molecule has 2 N–H and O–H groups in total. The number of carbonyl (C=O) groups is 1. The lowest BCUT2D eigenvalue weighted by Gasteiger charge is -2.35. The number of nitrogens with one attached hydrogen (secondary N) is 2. The van der Waals surface area contributed by atoms with Crippen LogP contribution in [0, 0.1) is 5.92 Å². The Hall–Kier alpha value is -1.25. The number of furan rings is 1. The number of carbonyl (C=O) groups excluding carboxylic acids is 1. The van der Waals surface area contributed by atoms with E-state index in [1.807, 2.05) is 17.0 Å². The summed E-state index contributed by atoms with van der Waals surface area (Å²) in [7, 11) is 0. The van der Waals surface area contributed by atoms with Gasteiger partial charge in [-0.2, -0.15) is 0 Å². The van der Waals surface area contributed by atoms with Gasteiger partial charge in [0.05, 0.1) is 6.26 Å². The van der Waals surface area contributed by atoms with E-state index in [-0.39, 0.29) is 29.9 Å². The second kappa shape index (κ2) is 13.9. The molecule has 1 fully saturated rings. The Morgan fingerprint density at radius 3 is 2.48 bits per heavy atom. The minimum atomic E-state index is 0. The van der Waals surface area contributed by atoms with Crippen molar-refractivity contribution in [2.75, 3.05) is 19.6 Å². The Balaban J connectivity index is 0.00000420. The highest BCUT2D eigenvalue weighted by Gasteiger charge is 2.27. The van der Waals surface area contributed by atoms with Crippen LogP contribution < -0.4 is 10.6 Å². The molecule has 1 aliphatic rings. The zero-order chi connectivity index (χ0) is 20.4. The van der Waals surface area contributed by atoms with Crippen LogP contribution in [0.3, 0.4) is 0 Å². The molecule has 0 aromatic carbocycles. The second-order valence-electron chi connectivity index (χ2n) is 7.77. The Morgan fingerprint density at radius 1 is 1.24 bits per heavy atom. The molecule has 1 atom stereocenters. The fourth-order valence-corrected chi connectivity index (χ4v) is 3.53. The first-order chi connectivity index (χ1) is 13.6. The molecule has 1 unspecified atom stereocenters.